The van der Waals surface area contributed by atoms with Crippen molar-refractivity contribution in [2.24, 2.45) is 17.8 Å². The number of ether oxygens (including phenoxy) is 2. The number of rotatable bonds is 0. The van der Waals surface area contributed by atoms with Crippen molar-refractivity contribution in [2.45, 2.75) is 70.7 Å². The Morgan fingerprint density at radius 3 is 2.78 bits per heavy atom. The Labute approximate surface area is 109 Å². The maximum Gasteiger partial charge on any atom is 0.309 e. The van der Waals surface area contributed by atoms with Gasteiger partial charge in [0, 0.05) is 5.92 Å². The fraction of sp³-hybridized carbons (Fsp3) is 0.933. The number of esters is 1. The van der Waals surface area contributed by atoms with Gasteiger partial charge < -0.3 is 9.47 Å². The first kappa shape index (κ1) is 12.5. The van der Waals surface area contributed by atoms with E-state index >= 15 is 0 Å². The van der Waals surface area contributed by atoms with Gasteiger partial charge in [-0.25, -0.2) is 0 Å². The van der Waals surface area contributed by atoms with Gasteiger partial charge >= 0.3 is 5.97 Å². The molecule has 0 aromatic heterocycles. The summed E-state index contributed by atoms with van der Waals surface area (Å²) in [6.07, 6.45) is 6.12. The molecule has 0 amide bonds. The molecule has 0 aromatic rings. The van der Waals surface area contributed by atoms with Crippen LogP contribution in [0.15, 0.2) is 0 Å². The van der Waals surface area contributed by atoms with Crippen molar-refractivity contribution < 1.29 is 14.3 Å². The summed E-state index contributed by atoms with van der Waals surface area (Å²) in [7, 11) is 0. The molecule has 3 aliphatic rings. The molecule has 0 N–H and O–H groups in total. The van der Waals surface area contributed by atoms with E-state index in [1.165, 1.54) is 19.3 Å². The molecular weight excluding hydrogens is 228 g/mol. The third-order valence-corrected chi connectivity index (χ3v) is 5.29. The highest BCUT2D eigenvalue weighted by Gasteiger charge is 2.62. The van der Waals surface area contributed by atoms with Gasteiger partial charge in [0.2, 0.25) is 0 Å². The molecule has 2 saturated heterocycles. The second-order valence-corrected chi connectivity index (χ2v) is 6.78. The van der Waals surface area contributed by atoms with E-state index < -0.39 is 0 Å². The van der Waals surface area contributed by atoms with Gasteiger partial charge in [-0.05, 0) is 25.7 Å². The van der Waals surface area contributed by atoms with Gasteiger partial charge in [-0.3, -0.25) is 4.79 Å². The van der Waals surface area contributed by atoms with Crippen molar-refractivity contribution in [3.8, 4) is 0 Å². The van der Waals surface area contributed by atoms with Crippen LogP contribution in [0.1, 0.15) is 52.9 Å². The van der Waals surface area contributed by atoms with E-state index in [2.05, 4.69) is 13.8 Å². The summed E-state index contributed by atoms with van der Waals surface area (Å²) in [6, 6.07) is 0. The van der Waals surface area contributed by atoms with E-state index in [1.807, 2.05) is 6.92 Å². The lowest BCUT2D eigenvalue weighted by molar-refractivity contribution is -0.144. The van der Waals surface area contributed by atoms with Crippen LogP contribution >= 0.6 is 0 Å². The van der Waals surface area contributed by atoms with E-state index in [1.54, 1.807) is 0 Å². The first-order valence-corrected chi connectivity index (χ1v) is 7.39. The first-order valence-electron chi connectivity index (χ1n) is 7.39. The molecule has 0 bridgehead atoms. The van der Waals surface area contributed by atoms with Gasteiger partial charge in [0.1, 0.15) is 12.2 Å². The van der Waals surface area contributed by atoms with E-state index in [9.17, 15) is 4.79 Å². The molecular formula is C15H24O3. The minimum Gasteiger partial charge on any atom is -0.459 e. The second kappa shape index (κ2) is 4.22. The Balaban J connectivity index is 1.80. The molecule has 0 unspecified atom stereocenters. The Morgan fingerprint density at radius 1 is 1.22 bits per heavy atom. The summed E-state index contributed by atoms with van der Waals surface area (Å²) in [5.41, 5.74) is -0.0235. The van der Waals surface area contributed by atoms with Gasteiger partial charge in [-0.2, -0.15) is 0 Å². The van der Waals surface area contributed by atoms with Gasteiger partial charge in [0.25, 0.3) is 0 Å². The maximum absolute atomic E-state index is 11.8. The SMILES string of the molecule is C[C@@H]1CCC[C@@]2(C)O[C@@H]2[C@H]2OC(=O)[C@H](C)[C@H]2CC1. The van der Waals surface area contributed by atoms with Crippen LogP contribution in [0.2, 0.25) is 0 Å². The van der Waals surface area contributed by atoms with Crippen molar-refractivity contribution in [1.82, 2.24) is 0 Å². The van der Waals surface area contributed by atoms with Crippen LogP contribution in [0.5, 0.6) is 0 Å². The molecule has 102 valence electrons. The molecule has 3 fully saturated rings. The number of fused-ring (bicyclic) bond motifs is 3. The predicted octanol–water partition coefficient (Wildman–Crippen LogP) is 2.92. The Hall–Kier alpha value is -0.570. The maximum atomic E-state index is 11.8. The summed E-state index contributed by atoms with van der Waals surface area (Å²) >= 11 is 0. The Kier molecular flexibility index (Phi) is 2.92. The lowest BCUT2D eigenvalue weighted by atomic mass is 9.79. The fourth-order valence-corrected chi connectivity index (χ4v) is 3.78. The Bertz CT molecular complexity index is 354. The summed E-state index contributed by atoms with van der Waals surface area (Å²) in [5.74, 6) is 1.15. The monoisotopic (exact) mass is 252 g/mol. The zero-order chi connectivity index (χ0) is 12.9. The van der Waals surface area contributed by atoms with Crippen LogP contribution in [0.3, 0.4) is 0 Å². The summed E-state index contributed by atoms with van der Waals surface area (Å²) < 4.78 is 11.5. The summed E-state index contributed by atoms with van der Waals surface area (Å²) in [6.45, 7) is 6.52. The highest BCUT2D eigenvalue weighted by atomic mass is 16.6. The Morgan fingerprint density at radius 2 is 2.00 bits per heavy atom. The molecule has 0 aromatic carbocycles. The average Bonchev–Trinajstić information content (AvgIpc) is 2.90. The lowest BCUT2D eigenvalue weighted by Crippen LogP contribution is -2.30. The molecule has 3 heteroatoms. The van der Waals surface area contributed by atoms with Crippen molar-refractivity contribution in [2.75, 3.05) is 0 Å². The lowest BCUT2D eigenvalue weighted by Gasteiger charge is -2.23. The molecule has 3 rings (SSSR count). The van der Waals surface area contributed by atoms with E-state index in [0.29, 0.717) is 5.92 Å². The number of epoxide rings is 1. The van der Waals surface area contributed by atoms with Crippen LogP contribution in [0.25, 0.3) is 0 Å². The van der Waals surface area contributed by atoms with Crippen molar-refractivity contribution in [3.05, 3.63) is 0 Å². The number of hydrogen-bond acceptors (Lipinski definition) is 3. The predicted molar refractivity (Wildman–Crippen MR) is 68.1 cm³/mol. The molecule has 1 saturated carbocycles. The molecule has 3 nitrogen and oxygen atoms in total. The topological polar surface area (TPSA) is 38.8 Å². The third-order valence-electron chi connectivity index (χ3n) is 5.29. The standard InChI is InChI=1S/C15H24O3/c1-9-5-4-8-15(3)13(18-15)12-11(7-6-9)10(2)14(16)17-12/h9-13H,4-8H2,1-3H3/t9-,10-,11-,12+,13-,15-/m1/s1. The van der Waals surface area contributed by atoms with Crippen molar-refractivity contribution in [1.29, 1.82) is 0 Å². The van der Waals surface area contributed by atoms with Crippen LogP contribution in [0, 0.1) is 17.8 Å². The molecule has 2 heterocycles. The smallest absolute Gasteiger partial charge is 0.309 e. The van der Waals surface area contributed by atoms with Crippen molar-refractivity contribution >= 4 is 5.97 Å². The van der Waals surface area contributed by atoms with Gasteiger partial charge in [0.05, 0.1) is 11.5 Å². The highest BCUT2D eigenvalue weighted by Crippen LogP contribution is 2.50. The molecule has 0 radical (unpaired) electrons. The van der Waals surface area contributed by atoms with E-state index in [4.69, 9.17) is 9.47 Å². The van der Waals surface area contributed by atoms with Gasteiger partial charge in [-0.1, -0.05) is 33.1 Å². The zero-order valence-corrected chi connectivity index (χ0v) is 11.6. The fourth-order valence-electron chi connectivity index (χ4n) is 3.78. The molecule has 1 aliphatic carbocycles. The van der Waals surface area contributed by atoms with E-state index in [-0.39, 0.29) is 29.7 Å². The number of carbonyl (C=O) groups is 1. The molecule has 18 heavy (non-hydrogen) atoms. The van der Waals surface area contributed by atoms with Crippen LogP contribution < -0.4 is 0 Å². The number of carbonyl (C=O) groups excluding carboxylic acids is 1. The quantitative estimate of drug-likeness (QED) is 0.491. The minimum atomic E-state index is -0.0235. The van der Waals surface area contributed by atoms with Crippen LogP contribution in [-0.4, -0.2) is 23.8 Å². The normalized spacial score (nSPS) is 52.2. The molecule has 2 aliphatic heterocycles. The minimum absolute atomic E-state index is 0.0165. The summed E-state index contributed by atoms with van der Waals surface area (Å²) in [5, 5.41) is 0. The third kappa shape index (κ3) is 1.97. The van der Waals surface area contributed by atoms with Gasteiger partial charge in [0.15, 0.2) is 0 Å². The van der Waals surface area contributed by atoms with E-state index in [0.717, 1.165) is 18.8 Å². The van der Waals surface area contributed by atoms with Crippen LogP contribution in [0.4, 0.5) is 0 Å². The van der Waals surface area contributed by atoms with Crippen molar-refractivity contribution in [3.63, 3.8) is 0 Å². The first-order chi connectivity index (χ1) is 8.51. The second-order valence-electron chi connectivity index (χ2n) is 6.78. The highest BCUT2D eigenvalue weighted by molar-refractivity contribution is 5.75. The summed E-state index contributed by atoms with van der Waals surface area (Å²) in [4.78, 5) is 11.8. The van der Waals surface area contributed by atoms with Crippen LogP contribution in [-0.2, 0) is 14.3 Å². The molecule has 0 spiro atoms. The number of hydrogen-bond donors (Lipinski definition) is 0. The zero-order valence-electron chi connectivity index (χ0n) is 11.6. The van der Waals surface area contributed by atoms with Gasteiger partial charge in [-0.15, -0.1) is 0 Å². The largest absolute Gasteiger partial charge is 0.459 e. The molecule has 6 atom stereocenters. The average molecular weight is 252 g/mol.